The predicted molar refractivity (Wildman–Crippen MR) is 132 cm³/mol. The minimum absolute atomic E-state index is 0.544. The maximum Gasteiger partial charge on any atom is 0.125 e. The summed E-state index contributed by atoms with van der Waals surface area (Å²) in [5.74, 6) is 0.565. The molecule has 0 saturated carbocycles. The number of ether oxygens (including phenoxy) is 1. The number of thiazole rings is 1. The molecule has 0 spiro atoms. The fourth-order valence-corrected chi connectivity index (χ4v) is 6.58. The van der Waals surface area contributed by atoms with Gasteiger partial charge in [-0.1, -0.05) is 0 Å². The second-order valence-corrected chi connectivity index (χ2v) is 10.2. The van der Waals surface area contributed by atoms with E-state index in [1.165, 1.54) is 34.3 Å². The first-order chi connectivity index (χ1) is 15.2. The van der Waals surface area contributed by atoms with E-state index in [-0.39, 0.29) is 0 Å². The Kier molecular flexibility index (Phi) is 6.18. The van der Waals surface area contributed by atoms with Crippen molar-refractivity contribution in [2.45, 2.75) is 38.1 Å². The lowest BCUT2D eigenvalue weighted by Gasteiger charge is -2.39. The number of methoxy groups -OCH3 is 1. The van der Waals surface area contributed by atoms with Gasteiger partial charge in [-0.05, 0) is 63.1 Å². The number of rotatable bonds is 7. The first kappa shape index (κ1) is 20.8. The van der Waals surface area contributed by atoms with Crippen LogP contribution in [0.5, 0.6) is 0 Å². The van der Waals surface area contributed by atoms with Crippen molar-refractivity contribution < 1.29 is 4.74 Å². The molecule has 4 aromatic rings. The molecule has 1 aromatic carbocycles. The molecule has 162 valence electrons. The molecular weight excluding hydrogens is 424 g/mol. The Hall–Kier alpha value is -2.06. The minimum Gasteiger partial charge on any atom is -0.385 e. The third kappa shape index (κ3) is 4.32. The molecule has 3 aromatic heterocycles. The van der Waals surface area contributed by atoms with Crippen molar-refractivity contribution in [3.63, 3.8) is 0 Å². The Bertz CT molecular complexity index is 1170. The van der Waals surface area contributed by atoms with Crippen molar-refractivity contribution in [3.05, 3.63) is 46.9 Å². The quantitative estimate of drug-likeness (QED) is 0.336. The highest BCUT2D eigenvalue weighted by Gasteiger charge is 2.30. The van der Waals surface area contributed by atoms with Gasteiger partial charge in [-0.15, -0.1) is 22.7 Å². The number of hydrogen-bond donors (Lipinski definition) is 1. The molecule has 1 saturated heterocycles. The topological polar surface area (TPSA) is 50.3 Å². The lowest BCUT2D eigenvalue weighted by atomic mass is 9.88. The van der Waals surface area contributed by atoms with Crippen LogP contribution in [-0.2, 0) is 4.74 Å². The van der Waals surface area contributed by atoms with Crippen LogP contribution in [0.15, 0.2) is 42.0 Å². The zero-order chi connectivity index (χ0) is 21.2. The Morgan fingerprint density at radius 1 is 1.23 bits per heavy atom. The molecule has 0 unspecified atom stereocenters. The van der Waals surface area contributed by atoms with Gasteiger partial charge in [-0.3, -0.25) is 4.90 Å². The van der Waals surface area contributed by atoms with Crippen LogP contribution in [0.2, 0.25) is 0 Å². The Labute approximate surface area is 191 Å². The summed E-state index contributed by atoms with van der Waals surface area (Å²) in [6.45, 7) is 5.52. The number of pyridine rings is 1. The van der Waals surface area contributed by atoms with E-state index in [1.807, 2.05) is 23.0 Å². The molecule has 1 aliphatic heterocycles. The third-order valence-corrected chi connectivity index (χ3v) is 8.33. The Morgan fingerprint density at radius 3 is 3.06 bits per heavy atom. The fraction of sp³-hybridized carbons (Fsp3) is 0.417. The summed E-state index contributed by atoms with van der Waals surface area (Å²) in [6.07, 6.45) is 5.51. The van der Waals surface area contributed by atoms with Crippen LogP contribution in [0.4, 0.5) is 11.4 Å². The summed E-state index contributed by atoms with van der Waals surface area (Å²) in [5, 5.41) is 4.82. The molecule has 0 bridgehead atoms. The largest absolute Gasteiger partial charge is 0.385 e. The number of benzene rings is 1. The van der Waals surface area contributed by atoms with Crippen LogP contribution < -0.4 is 5.32 Å². The minimum atomic E-state index is 0.544. The van der Waals surface area contributed by atoms with Gasteiger partial charge >= 0.3 is 0 Å². The molecule has 7 heteroatoms. The van der Waals surface area contributed by atoms with Gasteiger partial charge < -0.3 is 10.1 Å². The Balaban J connectivity index is 1.39. The number of piperidine rings is 1. The zero-order valence-electron chi connectivity index (χ0n) is 18.0. The van der Waals surface area contributed by atoms with Crippen molar-refractivity contribution in [2.24, 2.45) is 0 Å². The van der Waals surface area contributed by atoms with Crippen LogP contribution >= 0.6 is 22.7 Å². The zero-order valence-corrected chi connectivity index (χ0v) is 19.6. The van der Waals surface area contributed by atoms with E-state index < -0.39 is 0 Å². The van der Waals surface area contributed by atoms with Gasteiger partial charge in [0.2, 0.25) is 0 Å². The molecule has 1 fully saturated rings. The lowest BCUT2D eigenvalue weighted by Crippen LogP contribution is -2.42. The molecule has 1 aliphatic rings. The van der Waals surface area contributed by atoms with Gasteiger partial charge in [0.15, 0.2) is 0 Å². The normalized spacial score (nSPS) is 19.9. The maximum atomic E-state index is 5.26. The molecule has 2 atom stereocenters. The van der Waals surface area contributed by atoms with E-state index in [2.05, 4.69) is 57.4 Å². The van der Waals surface area contributed by atoms with E-state index in [9.17, 15) is 0 Å². The molecule has 5 rings (SSSR count). The van der Waals surface area contributed by atoms with Crippen molar-refractivity contribution in [1.82, 2.24) is 14.9 Å². The van der Waals surface area contributed by atoms with Gasteiger partial charge in [-0.25, -0.2) is 9.97 Å². The van der Waals surface area contributed by atoms with Gasteiger partial charge in [0.1, 0.15) is 4.83 Å². The number of likely N-dealkylation sites (tertiary alicyclic amines) is 1. The molecule has 0 aliphatic carbocycles. The van der Waals surface area contributed by atoms with Crippen molar-refractivity contribution in [3.8, 4) is 0 Å². The summed E-state index contributed by atoms with van der Waals surface area (Å²) in [6, 6.07) is 11.4. The van der Waals surface area contributed by atoms with Crippen LogP contribution in [0.3, 0.4) is 0 Å². The number of fused-ring (bicyclic) bond motifs is 2. The average molecular weight is 453 g/mol. The third-order valence-electron chi connectivity index (χ3n) is 6.34. The highest BCUT2D eigenvalue weighted by atomic mass is 32.1. The predicted octanol–water partition coefficient (Wildman–Crippen LogP) is 6.25. The number of nitrogens with one attached hydrogen (secondary N) is 1. The number of nitrogens with zero attached hydrogens (tertiary/aromatic N) is 3. The highest BCUT2D eigenvalue weighted by molar-refractivity contribution is 7.18. The molecule has 4 heterocycles. The SMILES string of the molecule is COCCCN1CCC[C@@H](c2cc3c(Nc4ccc5scnc5c4)ccnc3s2)[C@@H]1C. The van der Waals surface area contributed by atoms with E-state index in [4.69, 9.17) is 4.74 Å². The summed E-state index contributed by atoms with van der Waals surface area (Å²) >= 11 is 3.53. The van der Waals surface area contributed by atoms with Gasteiger partial charge in [0.25, 0.3) is 0 Å². The Morgan fingerprint density at radius 2 is 2.16 bits per heavy atom. The lowest BCUT2D eigenvalue weighted by molar-refractivity contribution is 0.117. The van der Waals surface area contributed by atoms with Crippen LogP contribution in [0, 0.1) is 0 Å². The molecule has 0 amide bonds. The molecule has 31 heavy (non-hydrogen) atoms. The summed E-state index contributed by atoms with van der Waals surface area (Å²) in [4.78, 5) is 14.3. The second kappa shape index (κ2) is 9.20. The van der Waals surface area contributed by atoms with E-state index in [1.54, 1.807) is 18.4 Å². The van der Waals surface area contributed by atoms with Gasteiger partial charge in [-0.2, -0.15) is 0 Å². The summed E-state index contributed by atoms with van der Waals surface area (Å²) < 4.78 is 6.47. The van der Waals surface area contributed by atoms with Crippen molar-refractivity contribution in [2.75, 3.05) is 32.1 Å². The van der Waals surface area contributed by atoms with E-state index >= 15 is 0 Å². The number of anilines is 2. The van der Waals surface area contributed by atoms with E-state index in [0.29, 0.717) is 12.0 Å². The molecular formula is C24H28N4OS2. The van der Waals surface area contributed by atoms with Gasteiger partial charge in [0.05, 0.1) is 21.4 Å². The average Bonchev–Trinajstić information content (AvgIpc) is 3.42. The number of hydrogen-bond acceptors (Lipinski definition) is 7. The van der Waals surface area contributed by atoms with Crippen LogP contribution in [-0.4, -0.2) is 47.7 Å². The van der Waals surface area contributed by atoms with Crippen LogP contribution in [0.25, 0.3) is 20.4 Å². The standard InChI is InChI=1S/C24H28N4OS2/c1-16-18(5-3-10-28(16)11-4-12-29-2)23-14-19-20(8-9-25-24(19)31-23)27-17-6-7-22-21(13-17)26-15-30-22/h6-9,13-16,18H,3-5,10-12H2,1-2H3,(H,25,27)/t16-,18+/m0/s1. The fourth-order valence-electron chi connectivity index (χ4n) is 4.66. The molecule has 5 nitrogen and oxygen atoms in total. The second-order valence-electron chi connectivity index (χ2n) is 8.26. The molecule has 1 N–H and O–H groups in total. The smallest absolute Gasteiger partial charge is 0.125 e. The highest BCUT2D eigenvalue weighted by Crippen LogP contribution is 2.40. The van der Waals surface area contributed by atoms with Gasteiger partial charge in [0, 0.05) is 54.4 Å². The first-order valence-electron chi connectivity index (χ1n) is 10.9. The summed E-state index contributed by atoms with van der Waals surface area (Å²) in [5.41, 5.74) is 5.11. The van der Waals surface area contributed by atoms with Crippen molar-refractivity contribution >= 4 is 54.5 Å². The number of thiophene rings is 1. The van der Waals surface area contributed by atoms with Crippen molar-refractivity contribution in [1.29, 1.82) is 0 Å². The van der Waals surface area contributed by atoms with Crippen LogP contribution in [0.1, 0.15) is 37.0 Å². The molecule has 0 radical (unpaired) electrons. The number of aromatic nitrogens is 2. The maximum absolute atomic E-state index is 5.26. The summed E-state index contributed by atoms with van der Waals surface area (Å²) in [7, 11) is 1.78. The monoisotopic (exact) mass is 452 g/mol. The van der Waals surface area contributed by atoms with E-state index in [0.717, 1.165) is 41.3 Å². The first-order valence-corrected chi connectivity index (χ1v) is 12.6.